The van der Waals surface area contributed by atoms with E-state index >= 15 is 0 Å². The number of halogens is 1. The van der Waals surface area contributed by atoms with Crippen molar-refractivity contribution in [2.24, 2.45) is 4.99 Å². The molecule has 8 heteroatoms. The van der Waals surface area contributed by atoms with Gasteiger partial charge in [-0.2, -0.15) is 5.10 Å². The van der Waals surface area contributed by atoms with Crippen LogP contribution in [0, 0.1) is 0 Å². The highest BCUT2D eigenvalue weighted by atomic mass is 127. The topological polar surface area (TPSA) is 70.4 Å². The van der Waals surface area contributed by atoms with E-state index in [0.29, 0.717) is 6.54 Å². The van der Waals surface area contributed by atoms with Crippen molar-refractivity contribution in [2.75, 3.05) is 26.0 Å². The number of nitrogens with one attached hydrogen (secondary N) is 2. The number of anilines is 1. The van der Waals surface area contributed by atoms with Gasteiger partial charge in [0, 0.05) is 33.5 Å². The molecule has 1 atom stereocenters. The zero-order valence-electron chi connectivity index (χ0n) is 17.2. The molecule has 0 saturated heterocycles. The van der Waals surface area contributed by atoms with E-state index in [2.05, 4.69) is 44.8 Å². The first-order chi connectivity index (χ1) is 13.6. The van der Waals surface area contributed by atoms with Crippen molar-refractivity contribution in [3.63, 3.8) is 0 Å². The van der Waals surface area contributed by atoms with E-state index < -0.39 is 0 Å². The third-order valence-electron chi connectivity index (χ3n) is 4.40. The monoisotopic (exact) mass is 505 g/mol. The van der Waals surface area contributed by atoms with Crippen LogP contribution in [0.4, 0.5) is 5.82 Å². The summed E-state index contributed by atoms with van der Waals surface area (Å²) in [6, 6.07) is 16.3. The zero-order chi connectivity index (χ0) is 19.9. The Morgan fingerprint density at radius 3 is 2.66 bits per heavy atom. The summed E-state index contributed by atoms with van der Waals surface area (Å²) in [7, 11) is 5.74. The van der Waals surface area contributed by atoms with Gasteiger partial charge < -0.3 is 15.5 Å². The van der Waals surface area contributed by atoms with E-state index in [9.17, 15) is 0 Å². The number of aromatic nitrogens is 3. The number of nitrogens with zero attached hydrogens (tertiary/aromatic N) is 5. The standard InChI is InChI=1S/C21H27N7.HI/c1-16(17-8-5-10-19(14-17)28-13-7-12-24-28)25-21(22-2)23-15-18-9-6-11-20(26-18)27(3)4;/h5-14,16H,15H2,1-4H3,(H2,22,23,25);1H. The van der Waals surface area contributed by atoms with Crippen molar-refractivity contribution in [1.29, 1.82) is 0 Å². The average molecular weight is 505 g/mol. The summed E-state index contributed by atoms with van der Waals surface area (Å²) in [6.45, 7) is 2.71. The minimum absolute atomic E-state index is 0. The minimum Gasteiger partial charge on any atom is -0.363 e. The molecular weight excluding hydrogens is 477 g/mol. The van der Waals surface area contributed by atoms with Gasteiger partial charge in [0.1, 0.15) is 5.82 Å². The normalized spacial score (nSPS) is 12.1. The molecule has 1 aromatic carbocycles. The van der Waals surface area contributed by atoms with Crippen molar-refractivity contribution in [3.8, 4) is 5.69 Å². The fraction of sp³-hybridized carbons (Fsp3) is 0.286. The van der Waals surface area contributed by atoms with Gasteiger partial charge in [-0.1, -0.05) is 18.2 Å². The molecule has 0 aliphatic heterocycles. The number of rotatable bonds is 6. The lowest BCUT2D eigenvalue weighted by Crippen LogP contribution is -2.38. The molecule has 154 valence electrons. The molecule has 0 aliphatic rings. The first kappa shape index (κ1) is 22.7. The molecule has 0 amide bonds. The van der Waals surface area contributed by atoms with Gasteiger partial charge in [0.2, 0.25) is 0 Å². The lowest BCUT2D eigenvalue weighted by atomic mass is 10.1. The lowest BCUT2D eigenvalue weighted by Gasteiger charge is -2.19. The summed E-state index contributed by atoms with van der Waals surface area (Å²) in [6.07, 6.45) is 3.71. The lowest BCUT2D eigenvalue weighted by molar-refractivity contribution is 0.681. The Bertz CT molecular complexity index is 922. The van der Waals surface area contributed by atoms with E-state index in [0.717, 1.165) is 28.7 Å². The third-order valence-corrected chi connectivity index (χ3v) is 4.40. The van der Waals surface area contributed by atoms with Gasteiger partial charge in [-0.25, -0.2) is 9.67 Å². The molecule has 1 unspecified atom stereocenters. The first-order valence-corrected chi connectivity index (χ1v) is 9.27. The second kappa shape index (κ2) is 10.8. The summed E-state index contributed by atoms with van der Waals surface area (Å²) in [5.74, 6) is 1.67. The molecule has 0 radical (unpaired) electrons. The Morgan fingerprint density at radius 1 is 1.17 bits per heavy atom. The fourth-order valence-corrected chi connectivity index (χ4v) is 2.83. The molecule has 29 heavy (non-hydrogen) atoms. The van der Waals surface area contributed by atoms with Crippen molar-refractivity contribution in [1.82, 2.24) is 25.4 Å². The molecule has 3 rings (SSSR count). The molecule has 0 aliphatic carbocycles. The maximum atomic E-state index is 4.63. The Morgan fingerprint density at radius 2 is 1.97 bits per heavy atom. The summed E-state index contributed by atoms with van der Waals surface area (Å²) >= 11 is 0. The molecule has 0 spiro atoms. The number of benzene rings is 1. The van der Waals surface area contributed by atoms with Crippen LogP contribution in [0.25, 0.3) is 5.69 Å². The average Bonchev–Trinajstić information content (AvgIpc) is 3.26. The Labute approximate surface area is 189 Å². The highest BCUT2D eigenvalue weighted by Gasteiger charge is 2.10. The van der Waals surface area contributed by atoms with E-state index in [1.807, 2.05) is 66.3 Å². The molecule has 3 aromatic rings. The van der Waals surface area contributed by atoms with Crippen LogP contribution in [-0.2, 0) is 6.54 Å². The fourth-order valence-electron chi connectivity index (χ4n) is 2.83. The summed E-state index contributed by atoms with van der Waals surface area (Å²) in [4.78, 5) is 11.0. The summed E-state index contributed by atoms with van der Waals surface area (Å²) in [5, 5.41) is 11.1. The second-order valence-electron chi connectivity index (χ2n) is 6.72. The van der Waals surface area contributed by atoms with E-state index in [1.54, 1.807) is 13.2 Å². The van der Waals surface area contributed by atoms with Crippen LogP contribution in [0.1, 0.15) is 24.2 Å². The summed E-state index contributed by atoms with van der Waals surface area (Å²) in [5.41, 5.74) is 3.15. The van der Waals surface area contributed by atoms with E-state index in [-0.39, 0.29) is 30.0 Å². The Kier molecular flexibility index (Phi) is 8.44. The smallest absolute Gasteiger partial charge is 0.191 e. The maximum Gasteiger partial charge on any atom is 0.191 e. The number of aliphatic imine (C=N–C) groups is 1. The van der Waals surface area contributed by atoms with Crippen LogP contribution < -0.4 is 15.5 Å². The highest BCUT2D eigenvalue weighted by molar-refractivity contribution is 14.0. The van der Waals surface area contributed by atoms with Crippen LogP contribution in [-0.4, -0.2) is 41.9 Å². The Hall–Kier alpha value is -2.62. The molecule has 0 saturated carbocycles. The molecular formula is C21H28IN7. The molecule has 0 bridgehead atoms. The second-order valence-corrected chi connectivity index (χ2v) is 6.72. The van der Waals surface area contributed by atoms with Gasteiger partial charge in [0.05, 0.1) is 24.0 Å². The van der Waals surface area contributed by atoms with Gasteiger partial charge in [0.25, 0.3) is 0 Å². The van der Waals surface area contributed by atoms with Crippen molar-refractivity contribution in [3.05, 3.63) is 72.2 Å². The summed E-state index contributed by atoms with van der Waals surface area (Å²) < 4.78 is 1.85. The quantitative estimate of drug-likeness (QED) is 0.306. The Balaban J connectivity index is 0.00000300. The van der Waals surface area contributed by atoms with Gasteiger partial charge in [-0.05, 0) is 42.8 Å². The largest absolute Gasteiger partial charge is 0.363 e. The SMILES string of the molecule is CN=C(NCc1cccc(N(C)C)n1)NC(C)c1cccc(-n2cccn2)c1.I. The van der Waals surface area contributed by atoms with Crippen molar-refractivity contribution >= 4 is 35.8 Å². The van der Waals surface area contributed by atoms with Gasteiger partial charge >= 0.3 is 0 Å². The number of hydrogen-bond acceptors (Lipinski definition) is 4. The van der Waals surface area contributed by atoms with Crippen molar-refractivity contribution < 1.29 is 0 Å². The predicted octanol–water partition coefficient (Wildman–Crippen LogP) is 3.38. The molecule has 2 heterocycles. The molecule has 2 N–H and O–H groups in total. The predicted molar refractivity (Wildman–Crippen MR) is 129 cm³/mol. The highest BCUT2D eigenvalue weighted by Crippen LogP contribution is 2.16. The van der Waals surface area contributed by atoms with Crippen LogP contribution in [0.5, 0.6) is 0 Å². The zero-order valence-corrected chi connectivity index (χ0v) is 19.5. The number of pyridine rings is 1. The van der Waals surface area contributed by atoms with Crippen LogP contribution in [0.2, 0.25) is 0 Å². The number of guanidine groups is 1. The van der Waals surface area contributed by atoms with Gasteiger partial charge in [-0.3, -0.25) is 4.99 Å². The molecule has 2 aromatic heterocycles. The maximum absolute atomic E-state index is 4.63. The third kappa shape index (κ3) is 6.18. The minimum atomic E-state index is 0. The van der Waals surface area contributed by atoms with Crippen LogP contribution >= 0.6 is 24.0 Å². The van der Waals surface area contributed by atoms with E-state index in [4.69, 9.17) is 0 Å². The number of hydrogen-bond donors (Lipinski definition) is 2. The van der Waals surface area contributed by atoms with Crippen LogP contribution in [0.3, 0.4) is 0 Å². The van der Waals surface area contributed by atoms with Crippen molar-refractivity contribution in [2.45, 2.75) is 19.5 Å². The van der Waals surface area contributed by atoms with Crippen LogP contribution in [0.15, 0.2) is 65.9 Å². The first-order valence-electron chi connectivity index (χ1n) is 9.27. The van der Waals surface area contributed by atoms with Gasteiger partial charge in [0.15, 0.2) is 5.96 Å². The molecule has 7 nitrogen and oxygen atoms in total. The van der Waals surface area contributed by atoms with Gasteiger partial charge in [-0.15, -0.1) is 24.0 Å². The molecule has 0 fully saturated rings. The van der Waals surface area contributed by atoms with E-state index in [1.165, 1.54) is 0 Å².